The largest absolute Gasteiger partial charge is 0.396 e. The van der Waals surface area contributed by atoms with Crippen molar-refractivity contribution < 1.29 is 8.78 Å². The van der Waals surface area contributed by atoms with E-state index >= 15 is 0 Å². The molecule has 5 heteroatoms. The van der Waals surface area contributed by atoms with Gasteiger partial charge in [0.05, 0.1) is 11.4 Å². The second-order valence-electron chi connectivity index (χ2n) is 3.87. The number of nitrogens with two attached hydrogens (primary N) is 1. The number of nitrogen functional groups attached to an aromatic ring is 1. The van der Waals surface area contributed by atoms with Crippen LogP contribution in [-0.2, 0) is 13.5 Å². The molecule has 0 atom stereocenters. The first-order valence-corrected chi connectivity index (χ1v) is 5.30. The van der Waals surface area contributed by atoms with Crippen LogP contribution in [0.3, 0.4) is 0 Å². The van der Waals surface area contributed by atoms with Crippen LogP contribution in [0.1, 0.15) is 12.6 Å². The van der Waals surface area contributed by atoms with Gasteiger partial charge in [0.1, 0.15) is 11.6 Å². The predicted molar refractivity (Wildman–Crippen MR) is 62.4 cm³/mol. The van der Waals surface area contributed by atoms with Crippen LogP contribution in [0.4, 0.5) is 14.5 Å². The van der Waals surface area contributed by atoms with E-state index in [4.69, 9.17) is 5.73 Å². The van der Waals surface area contributed by atoms with Gasteiger partial charge < -0.3 is 5.73 Å². The van der Waals surface area contributed by atoms with E-state index in [-0.39, 0.29) is 11.3 Å². The first-order chi connectivity index (χ1) is 8.02. The van der Waals surface area contributed by atoms with E-state index in [2.05, 4.69) is 5.10 Å². The fourth-order valence-electron chi connectivity index (χ4n) is 1.79. The third kappa shape index (κ3) is 2.00. The fraction of sp³-hybridized carbons (Fsp3) is 0.250. The van der Waals surface area contributed by atoms with Crippen LogP contribution < -0.4 is 5.73 Å². The molecule has 0 fully saturated rings. The van der Waals surface area contributed by atoms with E-state index in [1.165, 1.54) is 0 Å². The van der Waals surface area contributed by atoms with Crippen molar-refractivity contribution in [3.63, 3.8) is 0 Å². The average molecular weight is 237 g/mol. The van der Waals surface area contributed by atoms with Crippen LogP contribution in [0.2, 0.25) is 0 Å². The van der Waals surface area contributed by atoms with Crippen LogP contribution in [-0.4, -0.2) is 9.78 Å². The zero-order chi connectivity index (χ0) is 12.6. The molecule has 2 aromatic rings. The number of hydrogen-bond donors (Lipinski definition) is 1. The normalized spacial score (nSPS) is 10.8. The molecule has 0 saturated heterocycles. The van der Waals surface area contributed by atoms with Crippen molar-refractivity contribution in [2.75, 3.05) is 5.73 Å². The summed E-state index contributed by atoms with van der Waals surface area (Å²) >= 11 is 0. The summed E-state index contributed by atoms with van der Waals surface area (Å²) in [5.74, 6) is -1.15. The van der Waals surface area contributed by atoms with Gasteiger partial charge in [0.25, 0.3) is 0 Å². The standard InChI is InChI=1S/C12H13F2N3/c1-3-12-8(6-17(2)16-12)7-4-10(14)11(15)5-9(7)13/h4-6H,3,15H2,1-2H3. The molecule has 0 aliphatic carbocycles. The van der Waals surface area contributed by atoms with Gasteiger partial charge in [-0.1, -0.05) is 6.92 Å². The number of aromatic nitrogens is 2. The maximum absolute atomic E-state index is 13.8. The summed E-state index contributed by atoms with van der Waals surface area (Å²) in [5.41, 5.74) is 6.65. The number of nitrogens with zero attached hydrogens (tertiary/aromatic N) is 2. The molecular weight excluding hydrogens is 224 g/mol. The summed E-state index contributed by atoms with van der Waals surface area (Å²) in [4.78, 5) is 0. The van der Waals surface area contributed by atoms with E-state index < -0.39 is 11.6 Å². The Morgan fingerprint density at radius 3 is 2.59 bits per heavy atom. The number of halogens is 2. The Balaban J connectivity index is 2.63. The van der Waals surface area contributed by atoms with E-state index in [0.717, 1.165) is 17.8 Å². The van der Waals surface area contributed by atoms with E-state index in [0.29, 0.717) is 12.0 Å². The second-order valence-corrected chi connectivity index (χ2v) is 3.87. The molecule has 90 valence electrons. The number of hydrogen-bond acceptors (Lipinski definition) is 2. The van der Waals surface area contributed by atoms with Gasteiger partial charge in [0.2, 0.25) is 0 Å². The average Bonchev–Trinajstić information content (AvgIpc) is 2.64. The molecular formula is C12H13F2N3. The van der Waals surface area contributed by atoms with Gasteiger partial charge in [-0.25, -0.2) is 8.78 Å². The molecule has 0 unspecified atom stereocenters. The Labute approximate surface area is 97.9 Å². The molecule has 2 N–H and O–H groups in total. The highest BCUT2D eigenvalue weighted by Crippen LogP contribution is 2.29. The summed E-state index contributed by atoms with van der Waals surface area (Å²) in [7, 11) is 1.74. The van der Waals surface area contributed by atoms with Gasteiger partial charge in [-0.15, -0.1) is 0 Å². The monoisotopic (exact) mass is 237 g/mol. The topological polar surface area (TPSA) is 43.8 Å². The van der Waals surface area contributed by atoms with Crippen LogP contribution >= 0.6 is 0 Å². The Morgan fingerprint density at radius 1 is 1.24 bits per heavy atom. The molecule has 2 rings (SSSR count). The van der Waals surface area contributed by atoms with Gasteiger partial charge in [0, 0.05) is 30.4 Å². The highest BCUT2D eigenvalue weighted by Gasteiger charge is 2.15. The lowest BCUT2D eigenvalue weighted by Crippen LogP contribution is -1.95. The maximum Gasteiger partial charge on any atom is 0.146 e. The third-order valence-corrected chi connectivity index (χ3v) is 2.62. The maximum atomic E-state index is 13.8. The Morgan fingerprint density at radius 2 is 1.94 bits per heavy atom. The lowest BCUT2D eigenvalue weighted by atomic mass is 10.0. The fourth-order valence-corrected chi connectivity index (χ4v) is 1.79. The molecule has 3 nitrogen and oxygen atoms in total. The lowest BCUT2D eigenvalue weighted by Gasteiger charge is -2.04. The van der Waals surface area contributed by atoms with Gasteiger partial charge >= 0.3 is 0 Å². The van der Waals surface area contributed by atoms with Crippen molar-refractivity contribution in [1.29, 1.82) is 0 Å². The minimum Gasteiger partial charge on any atom is -0.396 e. The lowest BCUT2D eigenvalue weighted by molar-refractivity contribution is 0.607. The van der Waals surface area contributed by atoms with Crippen LogP contribution in [0, 0.1) is 11.6 Å². The molecule has 0 saturated carbocycles. The molecule has 1 heterocycles. The molecule has 0 aliphatic rings. The first-order valence-electron chi connectivity index (χ1n) is 5.30. The zero-order valence-corrected chi connectivity index (χ0v) is 9.67. The van der Waals surface area contributed by atoms with E-state index in [1.807, 2.05) is 6.92 Å². The van der Waals surface area contributed by atoms with Gasteiger partial charge in [-0.2, -0.15) is 5.10 Å². The molecule has 0 amide bonds. The van der Waals surface area contributed by atoms with Crippen LogP contribution in [0.15, 0.2) is 18.3 Å². The highest BCUT2D eigenvalue weighted by atomic mass is 19.1. The van der Waals surface area contributed by atoms with Crippen molar-refractivity contribution in [3.8, 4) is 11.1 Å². The second kappa shape index (κ2) is 4.16. The minimum atomic E-state index is -0.618. The number of aryl methyl sites for hydroxylation is 2. The van der Waals surface area contributed by atoms with Gasteiger partial charge in [-0.3, -0.25) is 4.68 Å². The van der Waals surface area contributed by atoms with Crippen molar-refractivity contribution in [3.05, 3.63) is 35.7 Å². The third-order valence-electron chi connectivity index (χ3n) is 2.62. The summed E-state index contributed by atoms with van der Waals surface area (Å²) < 4.78 is 28.7. The van der Waals surface area contributed by atoms with Crippen LogP contribution in [0.25, 0.3) is 11.1 Å². The van der Waals surface area contributed by atoms with Crippen molar-refractivity contribution in [1.82, 2.24) is 9.78 Å². The molecule has 0 bridgehead atoms. The SMILES string of the molecule is CCc1nn(C)cc1-c1cc(F)c(N)cc1F. The van der Waals surface area contributed by atoms with Crippen molar-refractivity contribution in [2.45, 2.75) is 13.3 Å². The summed E-state index contributed by atoms with van der Waals surface area (Å²) in [5, 5.41) is 4.20. The Hall–Kier alpha value is -1.91. The van der Waals surface area contributed by atoms with Crippen LogP contribution in [0.5, 0.6) is 0 Å². The molecule has 17 heavy (non-hydrogen) atoms. The van der Waals surface area contributed by atoms with Gasteiger partial charge in [0.15, 0.2) is 0 Å². The Kier molecular flexibility index (Phi) is 2.83. The molecule has 1 aromatic carbocycles. The van der Waals surface area contributed by atoms with Gasteiger partial charge in [-0.05, 0) is 12.5 Å². The van der Waals surface area contributed by atoms with E-state index in [1.54, 1.807) is 17.9 Å². The first kappa shape index (κ1) is 11.6. The number of rotatable bonds is 2. The molecule has 0 spiro atoms. The van der Waals surface area contributed by atoms with Crippen molar-refractivity contribution >= 4 is 5.69 Å². The summed E-state index contributed by atoms with van der Waals surface area (Å²) in [6, 6.07) is 2.11. The Bertz CT molecular complexity index is 561. The summed E-state index contributed by atoms with van der Waals surface area (Å²) in [6.07, 6.45) is 2.33. The molecule has 1 aromatic heterocycles. The molecule has 0 radical (unpaired) electrons. The molecule has 0 aliphatic heterocycles. The van der Waals surface area contributed by atoms with Crippen molar-refractivity contribution in [2.24, 2.45) is 7.05 Å². The zero-order valence-electron chi connectivity index (χ0n) is 9.67. The summed E-state index contributed by atoms with van der Waals surface area (Å²) in [6.45, 7) is 1.91. The predicted octanol–water partition coefficient (Wildman–Crippen LogP) is 2.51. The highest BCUT2D eigenvalue weighted by molar-refractivity contribution is 5.68. The quantitative estimate of drug-likeness (QED) is 0.815. The number of anilines is 1. The smallest absolute Gasteiger partial charge is 0.146 e. The van der Waals surface area contributed by atoms with E-state index in [9.17, 15) is 8.78 Å². The number of benzene rings is 1. The minimum absolute atomic E-state index is 0.187.